The Kier molecular flexibility index (Phi) is 4.57. The van der Waals surface area contributed by atoms with Crippen LogP contribution in [-0.4, -0.2) is 18.5 Å². The van der Waals surface area contributed by atoms with Crippen LogP contribution in [0.3, 0.4) is 0 Å². The van der Waals surface area contributed by atoms with Gasteiger partial charge in [-0.3, -0.25) is 9.69 Å². The van der Waals surface area contributed by atoms with Crippen LogP contribution in [0, 0.1) is 6.92 Å². The van der Waals surface area contributed by atoms with E-state index in [2.05, 4.69) is 0 Å². The van der Waals surface area contributed by atoms with E-state index in [1.165, 1.54) is 11.2 Å². The van der Waals surface area contributed by atoms with E-state index >= 15 is 0 Å². The smallest absolute Gasteiger partial charge is 0.340 e. The lowest BCUT2D eigenvalue weighted by Crippen LogP contribution is -2.24. The van der Waals surface area contributed by atoms with E-state index in [0.29, 0.717) is 17.1 Å². The van der Waals surface area contributed by atoms with Gasteiger partial charge < -0.3 is 9.15 Å². The first-order valence-electron chi connectivity index (χ1n) is 8.07. The molecule has 0 fully saturated rings. The predicted octanol–water partition coefficient (Wildman–Crippen LogP) is 3.86. The maximum absolute atomic E-state index is 13.0. The molecule has 1 aromatic heterocycles. The number of aryl methyl sites for hydroxylation is 1. The van der Waals surface area contributed by atoms with Gasteiger partial charge in [-0.05, 0) is 51.1 Å². The lowest BCUT2D eigenvalue weighted by molar-refractivity contribution is -0.138. The summed E-state index contributed by atoms with van der Waals surface area (Å²) in [5, 5.41) is 0. The summed E-state index contributed by atoms with van der Waals surface area (Å²) in [6.45, 7) is 5.69. The number of carbonyl (C=O) groups excluding carboxylic acids is 2. The quantitative estimate of drug-likeness (QED) is 0.628. The van der Waals surface area contributed by atoms with Crippen molar-refractivity contribution in [1.82, 2.24) is 0 Å². The minimum absolute atomic E-state index is 0.238. The molecule has 1 aromatic carbocycles. The van der Waals surface area contributed by atoms with Gasteiger partial charge in [0.25, 0.3) is 5.91 Å². The Balaban J connectivity index is 2.11. The third-order valence-electron chi connectivity index (χ3n) is 4.00. The SMILES string of the molecule is CCOC(=O)C1=C(C)N(c2ccc(C)cc2)C(=O)C1=Cc1ccco1. The van der Waals surface area contributed by atoms with Crippen molar-refractivity contribution in [2.75, 3.05) is 11.5 Å². The van der Waals surface area contributed by atoms with Crippen LogP contribution in [0.2, 0.25) is 0 Å². The van der Waals surface area contributed by atoms with Gasteiger partial charge in [-0.1, -0.05) is 17.7 Å². The maximum Gasteiger partial charge on any atom is 0.340 e. The third-order valence-corrected chi connectivity index (χ3v) is 4.00. The van der Waals surface area contributed by atoms with Gasteiger partial charge in [0.1, 0.15) is 5.76 Å². The van der Waals surface area contributed by atoms with Crippen molar-refractivity contribution in [2.24, 2.45) is 0 Å². The molecule has 0 N–H and O–H groups in total. The summed E-state index contributed by atoms with van der Waals surface area (Å²) >= 11 is 0. The number of esters is 1. The number of benzene rings is 1. The topological polar surface area (TPSA) is 59.8 Å². The Morgan fingerprint density at radius 2 is 1.92 bits per heavy atom. The first-order chi connectivity index (χ1) is 12.0. The van der Waals surface area contributed by atoms with Crippen LogP contribution in [0.25, 0.3) is 6.08 Å². The zero-order valence-electron chi connectivity index (χ0n) is 14.4. The maximum atomic E-state index is 13.0. The summed E-state index contributed by atoms with van der Waals surface area (Å²) in [7, 11) is 0. The van der Waals surface area contributed by atoms with Crippen molar-refractivity contribution in [1.29, 1.82) is 0 Å². The van der Waals surface area contributed by atoms with E-state index in [1.807, 2.05) is 31.2 Å². The highest BCUT2D eigenvalue weighted by Gasteiger charge is 2.38. The van der Waals surface area contributed by atoms with Crippen LogP contribution >= 0.6 is 0 Å². The van der Waals surface area contributed by atoms with Crippen LogP contribution in [-0.2, 0) is 14.3 Å². The largest absolute Gasteiger partial charge is 0.465 e. The van der Waals surface area contributed by atoms with E-state index in [4.69, 9.17) is 9.15 Å². The lowest BCUT2D eigenvalue weighted by Gasteiger charge is -2.18. The lowest BCUT2D eigenvalue weighted by atomic mass is 10.1. The van der Waals surface area contributed by atoms with Gasteiger partial charge in [0.15, 0.2) is 0 Å². The molecule has 1 amide bonds. The molecule has 0 radical (unpaired) electrons. The Labute approximate surface area is 146 Å². The summed E-state index contributed by atoms with van der Waals surface area (Å²) in [4.78, 5) is 27.0. The molecule has 3 rings (SSSR count). The van der Waals surface area contributed by atoms with Gasteiger partial charge in [-0.2, -0.15) is 0 Å². The van der Waals surface area contributed by atoms with Crippen LogP contribution in [0.4, 0.5) is 5.69 Å². The molecular weight excluding hydrogens is 318 g/mol. The van der Waals surface area contributed by atoms with Crippen molar-refractivity contribution in [3.8, 4) is 0 Å². The fraction of sp³-hybridized carbons (Fsp3) is 0.200. The van der Waals surface area contributed by atoms with Crippen LogP contribution in [0.5, 0.6) is 0 Å². The molecule has 0 saturated carbocycles. The predicted molar refractivity (Wildman–Crippen MR) is 94.7 cm³/mol. The third kappa shape index (κ3) is 3.13. The van der Waals surface area contributed by atoms with Gasteiger partial charge in [0.05, 0.1) is 24.0 Å². The molecule has 1 aliphatic rings. The summed E-state index contributed by atoms with van der Waals surface area (Å²) in [6.07, 6.45) is 3.09. The Bertz CT molecular complexity index is 858. The molecule has 25 heavy (non-hydrogen) atoms. The second kappa shape index (κ2) is 6.81. The van der Waals surface area contributed by atoms with Crippen molar-refractivity contribution >= 4 is 23.6 Å². The van der Waals surface area contributed by atoms with Crippen molar-refractivity contribution in [3.63, 3.8) is 0 Å². The first-order valence-corrected chi connectivity index (χ1v) is 8.07. The Morgan fingerprint density at radius 3 is 2.52 bits per heavy atom. The summed E-state index contributed by atoms with van der Waals surface area (Å²) < 4.78 is 10.5. The zero-order chi connectivity index (χ0) is 18.0. The molecule has 2 heterocycles. The number of rotatable bonds is 4. The van der Waals surface area contributed by atoms with Crippen LogP contribution in [0.15, 0.2) is 63.9 Å². The monoisotopic (exact) mass is 337 g/mol. The molecule has 5 nitrogen and oxygen atoms in total. The van der Waals surface area contributed by atoms with E-state index in [-0.39, 0.29) is 23.7 Å². The Hall–Kier alpha value is -3.08. The fourth-order valence-corrected chi connectivity index (χ4v) is 2.80. The van der Waals surface area contributed by atoms with Crippen LogP contribution < -0.4 is 4.90 Å². The molecule has 0 aliphatic carbocycles. The fourth-order valence-electron chi connectivity index (χ4n) is 2.80. The summed E-state index contributed by atoms with van der Waals surface area (Å²) in [5.41, 5.74) is 2.88. The number of allylic oxidation sites excluding steroid dienone is 1. The average Bonchev–Trinajstić information content (AvgIpc) is 3.17. The molecular formula is C20H19NO4. The highest BCUT2D eigenvalue weighted by atomic mass is 16.5. The van der Waals surface area contributed by atoms with Gasteiger partial charge in [-0.15, -0.1) is 0 Å². The van der Waals surface area contributed by atoms with Gasteiger partial charge >= 0.3 is 5.97 Å². The summed E-state index contributed by atoms with van der Waals surface area (Å²) in [5.74, 6) is -0.287. The molecule has 0 atom stereocenters. The van der Waals surface area contributed by atoms with Gasteiger partial charge in [0, 0.05) is 11.4 Å². The Morgan fingerprint density at radius 1 is 1.20 bits per heavy atom. The molecule has 0 spiro atoms. The van der Waals surface area contributed by atoms with Crippen molar-refractivity contribution < 1.29 is 18.7 Å². The second-order valence-corrected chi connectivity index (χ2v) is 5.73. The number of nitrogens with zero attached hydrogens (tertiary/aromatic N) is 1. The van der Waals surface area contributed by atoms with Gasteiger partial charge in [-0.25, -0.2) is 4.79 Å². The number of furan rings is 1. The molecule has 2 aromatic rings. The summed E-state index contributed by atoms with van der Waals surface area (Å²) in [6, 6.07) is 11.0. The molecule has 5 heteroatoms. The van der Waals surface area contributed by atoms with Crippen LogP contribution in [0.1, 0.15) is 25.2 Å². The number of anilines is 1. The number of carbonyl (C=O) groups is 2. The van der Waals surface area contributed by atoms with E-state index in [0.717, 1.165) is 5.56 Å². The normalized spacial score (nSPS) is 16.0. The molecule has 128 valence electrons. The van der Waals surface area contributed by atoms with E-state index in [9.17, 15) is 9.59 Å². The average molecular weight is 337 g/mol. The van der Waals surface area contributed by atoms with Crippen molar-refractivity contribution in [2.45, 2.75) is 20.8 Å². The van der Waals surface area contributed by atoms with Gasteiger partial charge in [0.2, 0.25) is 0 Å². The number of hydrogen-bond acceptors (Lipinski definition) is 4. The number of hydrogen-bond donors (Lipinski definition) is 0. The molecule has 1 aliphatic heterocycles. The number of ether oxygens (including phenoxy) is 1. The van der Waals surface area contributed by atoms with E-state index < -0.39 is 5.97 Å². The zero-order valence-corrected chi connectivity index (χ0v) is 14.4. The van der Waals surface area contributed by atoms with E-state index in [1.54, 1.807) is 32.1 Å². The minimum atomic E-state index is -0.513. The molecule has 0 saturated heterocycles. The minimum Gasteiger partial charge on any atom is -0.465 e. The standard InChI is InChI=1S/C20H19NO4/c1-4-24-20(23)18-14(3)21(15-9-7-13(2)8-10-15)19(22)17(18)12-16-6-5-11-25-16/h5-12H,4H2,1-3H3. The number of amides is 1. The first kappa shape index (κ1) is 16.8. The van der Waals surface area contributed by atoms with Crippen molar-refractivity contribution in [3.05, 3.63) is 70.8 Å². The highest BCUT2D eigenvalue weighted by Crippen LogP contribution is 2.35. The highest BCUT2D eigenvalue weighted by molar-refractivity contribution is 6.23. The second-order valence-electron chi connectivity index (χ2n) is 5.73. The molecule has 0 bridgehead atoms. The molecule has 0 unspecified atom stereocenters.